The summed E-state index contributed by atoms with van der Waals surface area (Å²) in [6.07, 6.45) is 0. The quantitative estimate of drug-likeness (QED) is 0.705. The molecule has 0 N–H and O–H groups in total. The third-order valence-corrected chi connectivity index (χ3v) is 3.68. The molecule has 0 fully saturated rings. The standard InChI is InChI=1S/C15H9BrN2O3/c16-11-4-1-9(2-5-11)15-17-14(18-21-15)10-3-6-12-13(7-10)20-8-19-12/h1-7H,8H2. The highest BCUT2D eigenvalue weighted by molar-refractivity contribution is 9.10. The highest BCUT2D eigenvalue weighted by Gasteiger charge is 2.16. The number of fused-ring (bicyclic) bond motifs is 1. The lowest BCUT2D eigenvalue weighted by molar-refractivity contribution is 0.174. The Kier molecular flexibility index (Phi) is 2.89. The van der Waals surface area contributed by atoms with E-state index < -0.39 is 0 Å². The van der Waals surface area contributed by atoms with E-state index in [0.29, 0.717) is 17.5 Å². The first-order valence-corrected chi connectivity index (χ1v) is 7.08. The van der Waals surface area contributed by atoms with E-state index in [0.717, 1.165) is 21.3 Å². The van der Waals surface area contributed by atoms with Crippen molar-refractivity contribution in [3.8, 4) is 34.3 Å². The predicted octanol–water partition coefficient (Wildman–Crippen LogP) is 3.89. The molecule has 104 valence electrons. The summed E-state index contributed by atoms with van der Waals surface area (Å²) in [5.74, 6) is 2.43. The summed E-state index contributed by atoms with van der Waals surface area (Å²) >= 11 is 3.40. The van der Waals surface area contributed by atoms with Crippen molar-refractivity contribution in [3.05, 3.63) is 46.9 Å². The van der Waals surface area contributed by atoms with Gasteiger partial charge in [-0.1, -0.05) is 21.1 Å². The van der Waals surface area contributed by atoms with Gasteiger partial charge in [0, 0.05) is 15.6 Å². The molecule has 0 spiro atoms. The summed E-state index contributed by atoms with van der Waals surface area (Å²) in [5, 5.41) is 4.02. The molecule has 6 heteroatoms. The molecule has 0 radical (unpaired) electrons. The van der Waals surface area contributed by atoms with E-state index in [1.807, 2.05) is 42.5 Å². The van der Waals surface area contributed by atoms with Crippen LogP contribution in [0.25, 0.3) is 22.8 Å². The lowest BCUT2D eigenvalue weighted by atomic mass is 10.2. The molecule has 1 aliphatic rings. The zero-order valence-corrected chi connectivity index (χ0v) is 12.3. The number of benzene rings is 2. The molecular weight excluding hydrogens is 336 g/mol. The Morgan fingerprint density at radius 3 is 2.52 bits per heavy atom. The lowest BCUT2D eigenvalue weighted by Gasteiger charge is -1.97. The van der Waals surface area contributed by atoms with Crippen LogP contribution in [0.3, 0.4) is 0 Å². The average molecular weight is 345 g/mol. The second-order valence-corrected chi connectivity index (χ2v) is 5.41. The van der Waals surface area contributed by atoms with Gasteiger partial charge in [0.2, 0.25) is 12.6 Å². The van der Waals surface area contributed by atoms with Gasteiger partial charge < -0.3 is 14.0 Å². The van der Waals surface area contributed by atoms with Gasteiger partial charge in [0.1, 0.15) is 0 Å². The zero-order valence-electron chi connectivity index (χ0n) is 10.7. The third-order valence-electron chi connectivity index (χ3n) is 3.15. The topological polar surface area (TPSA) is 57.4 Å². The van der Waals surface area contributed by atoms with Gasteiger partial charge in [0.25, 0.3) is 5.89 Å². The Balaban J connectivity index is 1.69. The maximum Gasteiger partial charge on any atom is 0.258 e. The van der Waals surface area contributed by atoms with Crippen molar-refractivity contribution in [2.75, 3.05) is 6.79 Å². The summed E-state index contributed by atoms with van der Waals surface area (Å²) in [6, 6.07) is 13.3. The van der Waals surface area contributed by atoms with E-state index in [1.54, 1.807) is 0 Å². The van der Waals surface area contributed by atoms with E-state index in [4.69, 9.17) is 14.0 Å². The minimum Gasteiger partial charge on any atom is -0.454 e. The van der Waals surface area contributed by atoms with Crippen LogP contribution in [-0.2, 0) is 0 Å². The minimum atomic E-state index is 0.245. The van der Waals surface area contributed by atoms with E-state index in [9.17, 15) is 0 Å². The van der Waals surface area contributed by atoms with Gasteiger partial charge in [0.15, 0.2) is 11.5 Å². The number of rotatable bonds is 2. The van der Waals surface area contributed by atoms with Crippen LogP contribution in [0.2, 0.25) is 0 Å². The van der Waals surface area contributed by atoms with Crippen LogP contribution in [0.1, 0.15) is 0 Å². The Morgan fingerprint density at radius 1 is 0.905 bits per heavy atom. The van der Waals surface area contributed by atoms with Gasteiger partial charge in [-0.25, -0.2) is 0 Å². The Morgan fingerprint density at radius 2 is 1.67 bits per heavy atom. The Hall–Kier alpha value is -2.34. The molecule has 1 aliphatic heterocycles. The predicted molar refractivity (Wildman–Crippen MR) is 79.0 cm³/mol. The molecule has 21 heavy (non-hydrogen) atoms. The van der Waals surface area contributed by atoms with Crippen LogP contribution in [0, 0.1) is 0 Å². The summed E-state index contributed by atoms with van der Waals surface area (Å²) in [5.41, 5.74) is 1.70. The molecule has 0 bridgehead atoms. The number of hydrogen-bond acceptors (Lipinski definition) is 5. The number of aromatic nitrogens is 2. The Bertz CT molecular complexity index is 799. The maximum absolute atomic E-state index is 5.35. The smallest absolute Gasteiger partial charge is 0.258 e. The number of nitrogens with zero attached hydrogens (tertiary/aromatic N) is 2. The van der Waals surface area contributed by atoms with Gasteiger partial charge in [0.05, 0.1) is 0 Å². The first kappa shape index (κ1) is 12.4. The minimum absolute atomic E-state index is 0.245. The number of hydrogen-bond donors (Lipinski definition) is 0. The monoisotopic (exact) mass is 344 g/mol. The fourth-order valence-electron chi connectivity index (χ4n) is 2.09. The molecule has 4 rings (SSSR count). The second-order valence-electron chi connectivity index (χ2n) is 4.50. The molecule has 2 aromatic carbocycles. The normalized spacial score (nSPS) is 12.6. The summed E-state index contributed by atoms with van der Waals surface area (Å²) in [4.78, 5) is 4.42. The molecule has 0 amide bonds. The first-order chi connectivity index (χ1) is 10.3. The molecule has 3 aromatic rings. The van der Waals surface area contributed by atoms with Crippen molar-refractivity contribution in [1.29, 1.82) is 0 Å². The van der Waals surface area contributed by atoms with Crippen LogP contribution in [0.5, 0.6) is 11.5 Å². The zero-order chi connectivity index (χ0) is 14.2. The average Bonchev–Trinajstić information content (AvgIpc) is 3.16. The SMILES string of the molecule is Brc1ccc(-c2nc(-c3ccc4c(c3)OCO4)no2)cc1. The van der Waals surface area contributed by atoms with E-state index in [-0.39, 0.29) is 6.79 Å². The van der Waals surface area contributed by atoms with Crippen LogP contribution in [0.4, 0.5) is 0 Å². The second kappa shape index (κ2) is 4.89. The molecule has 5 nitrogen and oxygen atoms in total. The molecule has 2 heterocycles. The molecular formula is C15H9BrN2O3. The van der Waals surface area contributed by atoms with E-state index in [1.165, 1.54) is 0 Å². The molecule has 1 aromatic heterocycles. The summed E-state index contributed by atoms with van der Waals surface area (Å²) < 4.78 is 17.0. The van der Waals surface area contributed by atoms with Gasteiger partial charge in [-0.3, -0.25) is 0 Å². The fraction of sp³-hybridized carbons (Fsp3) is 0.0667. The summed E-state index contributed by atoms with van der Waals surface area (Å²) in [6.45, 7) is 0.245. The van der Waals surface area contributed by atoms with Crippen molar-refractivity contribution >= 4 is 15.9 Å². The first-order valence-electron chi connectivity index (χ1n) is 6.29. The highest BCUT2D eigenvalue weighted by Crippen LogP contribution is 2.35. The van der Waals surface area contributed by atoms with Crippen LogP contribution in [-0.4, -0.2) is 16.9 Å². The van der Waals surface area contributed by atoms with E-state index in [2.05, 4.69) is 26.1 Å². The van der Waals surface area contributed by atoms with Crippen molar-refractivity contribution in [2.24, 2.45) is 0 Å². The van der Waals surface area contributed by atoms with Crippen LogP contribution in [0.15, 0.2) is 51.5 Å². The molecule has 0 saturated carbocycles. The van der Waals surface area contributed by atoms with Crippen molar-refractivity contribution < 1.29 is 14.0 Å². The van der Waals surface area contributed by atoms with Crippen molar-refractivity contribution in [2.45, 2.75) is 0 Å². The van der Waals surface area contributed by atoms with Gasteiger partial charge in [-0.05, 0) is 42.5 Å². The van der Waals surface area contributed by atoms with Gasteiger partial charge in [-0.2, -0.15) is 4.98 Å². The van der Waals surface area contributed by atoms with Gasteiger partial charge >= 0.3 is 0 Å². The van der Waals surface area contributed by atoms with Crippen molar-refractivity contribution in [1.82, 2.24) is 10.1 Å². The molecule has 0 atom stereocenters. The van der Waals surface area contributed by atoms with Crippen LogP contribution < -0.4 is 9.47 Å². The van der Waals surface area contributed by atoms with E-state index >= 15 is 0 Å². The van der Waals surface area contributed by atoms with Crippen molar-refractivity contribution in [3.63, 3.8) is 0 Å². The molecule has 0 aliphatic carbocycles. The number of halogens is 1. The maximum atomic E-state index is 5.35. The summed E-state index contributed by atoms with van der Waals surface area (Å²) in [7, 11) is 0. The largest absolute Gasteiger partial charge is 0.454 e. The lowest BCUT2D eigenvalue weighted by Crippen LogP contribution is -1.92. The Labute approximate surface area is 128 Å². The molecule has 0 unspecified atom stereocenters. The fourth-order valence-corrected chi connectivity index (χ4v) is 2.35. The van der Waals surface area contributed by atoms with Gasteiger partial charge in [-0.15, -0.1) is 0 Å². The third kappa shape index (κ3) is 2.27. The van der Waals surface area contributed by atoms with Crippen LogP contribution >= 0.6 is 15.9 Å². The highest BCUT2D eigenvalue weighted by atomic mass is 79.9. The number of ether oxygens (including phenoxy) is 2. The molecule has 0 saturated heterocycles.